The third kappa shape index (κ3) is 16.0. The maximum Gasteiger partial charge on any atom is 0.211 e. The molecule has 12 N–H and O–H groups in total. The zero-order valence-electron chi connectivity index (χ0n) is 21.0. The summed E-state index contributed by atoms with van der Waals surface area (Å²) >= 11 is 17.1. The zero-order valence-corrected chi connectivity index (χ0v) is 23.3. The van der Waals surface area contributed by atoms with Gasteiger partial charge in [0.1, 0.15) is 0 Å². The highest BCUT2D eigenvalue weighted by Gasteiger charge is 2.06. The fraction of sp³-hybridized carbons (Fsp3) is 0. The van der Waals surface area contributed by atoms with Crippen LogP contribution < -0.4 is 34.4 Å². The van der Waals surface area contributed by atoms with Crippen molar-refractivity contribution < 1.29 is 8.78 Å². The fourth-order valence-corrected chi connectivity index (χ4v) is 3.05. The molecule has 0 aliphatic carbocycles. The Morgan fingerprint density at radius 3 is 1.49 bits per heavy atom. The predicted molar refractivity (Wildman–Crippen MR) is 164 cm³/mol. The van der Waals surface area contributed by atoms with Crippen LogP contribution in [0.2, 0.25) is 15.1 Å². The van der Waals surface area contributed by atoms with Gasteiger partial charge in [0.15, 0.2) is 11.6 Å². The quantitative estimate of drug-likeness (QED) is 0.104. The van der Waals surface area contributed by atoms with Crippen LogP contribution in [0.3, 0.4) is 0 Å². The molecule has 0 aromatic heterocycles. The Hall–Kier alpha value is -4.79. The molecule has 3 aromatic rings. The first-order chi connectivity index (χ1) is 19.4. The first kappa shape index (κ1) is 34.2. The van der Waals surface area contributed by atoms with Crippen LogP contribution in [0.15, 0.2) is 91.3 Å². The molecule has 0 saturated heterocycles. The Kier molecular flexibility index (Phi) is 15.4. The highest BCUT2D eigenvalue weighted by molar-refractivity contribution is 6.35. The monoisotopic (exact) mass is 624 g/mol. The van der Waals surface area contributed by atoms with E-state index in [1.54, 1.807) is 24.4 Å². The van der Waals surface area contributed by atoms with Crippen molar-refractivity contribution in [1.82, 2.24) is 0 Å². The van der Waals surface area contributed by atoms with Gasteiger partial charge >= 0.3 is 0 Å². The molecule has 0 saturated carbocycles. The number of guanidine groups is 3. The number of nitrogens with two attached hydrogens (primary N) is 6. The number of hydrogen-bond acceptors (Lipinski definition) is 6. The zero-order chi connectivity index (χ0) is 30.8. The van der Waals surface area contributed by atoms with E-state index in [1.807, 2.05) is 30.3 Å². The van der Waals surface area contributed by atoms with E-state index in [4.69, 9.17) is 69.2 Å². The molecule has 0 radical (unpaired) electrons. The van der Waals surface area contributed by atoms with Crippen LogP contribution in [0.4, 0.5) is 8.78 Å². The van der Waals surface area contributed by atoms with Crippen molar-refractivity contribution >= 4 is 71.3 Å². The van der Waals surface area contributed by atoms with Crippen LogP contribution >= 0.6 is 34.8 Å². The predicted octanol–water partition coefficient (Wildman–Crippen LogP) is 3.12. The normalized spacial score (nSPS) is 10.4. The van der Waals surface area contributed by atoms with Gasteiger partial charge in [-0.1, -0.05) is 65.1 Å². The summed E-state index contributed by atoms with van der Waals surface area (Å²) in [5.74, 6) is -2.44. The Labute approximate surface area is 248 Å². The highest BCUT2D eigenvalue weighted by Crippen LogP contribution is 2.19. The number of hydrogen-bond donors (Lipinski definition) is 6. The number of rotatable bonds is 6. The molecule has 3 aromatic carbocycles. The summed E-state index contributed by atoms with van der Waals surface area (Å²) in [5, 5.41) is 21.9. The molecule has 3 rings (SSSR count). The van der Waals surface area contributed by atoms with Crippen LogP contribution in [-0.4, -0.2) is 36.5 Å². The van der Waals surface area contributed by atoms with Gasteiger partial charge in [0.25, 0.3) is 0 Å². The number of nitrogens with zero attached hydrogens (tertiary/aromatic N) is 6. The van der Waals surface area contributed by atoms with Crippen molar-refractivity contribution in [3.8, 4) is 0 Å². The van der Waals surface area contributed by atoms with Crippen molar-refractivity contribution in [2.45, 2.75) is 0 Å². The third-order valence-electron chi connectivity index (χ3n) is 3.85. The van der Waals surface area contributed by atoms with Gasteiger partial charge in [-0.2, -0.15) is 15.3 Å². The van der Waals surface area contributed by atoms with Crippen LogP contribution in [0.25, 0.3) is 0 Å². The first-order valence-electron chi connectivity index (χ1n) is 10.9. The molecule has 0 fully saturated rings. The smallest absolute Gasteiger partial charge is 0.211 e. The summed E-state index contributed by atoms with van der Waals surface area (Å²) in [5.41, 5.74) is 32.2. The van der Waals surface area contributed by atoms with Gasteiger partial charge in [-0.05, 0) is 41.5 Å². The van der Waals surface area contributed by atoms with Gasteiger partial charge in [0.2, 0.25) is 17.9 Å². The molecule has 0 aliphatic rings. The lowest BCUT2D eigenvalue weighted by Gasteiger charge is -1.98. The molecule has 0 unspecified atom stereocenters. The number of benzene rings is 3. The second-order valence-electron chi connectivity index (χ2n) is 7.21. The highest BCUT2D eigenvalue weighted by atomic mass is 35.5. The Balaban J connectivity index is 0.000000309. The van der Waals surface area contributed by atoms with E-state index in [2.05, 4.69) is 30.6 Å². The molecule has 17 heteroatoms. The van der Waals surface area contributed by atoms with Gasteiger partial charge in [-0.25, -0.2) is 8.78 Å². The maximum absolute atomic E-state index is 12.8. The average Bonchev–Trinajstić information content (AvgIpc) is 2.87. The molecular formula is C24H25Cl3F2N12. The van der Waals surface area contributed by atoms with Gasteiger partial charge in [-0.3, -0.25) is 0 Å². The summed E-state index contributed by atoms with van der Waals surface area (Å²) < 4.78 is 25.4. The van der Waals surface area contributed by atoms with E-state index in [0.29, 0.717) is 10.0 Å². The average molecular weight is 626 g/mol. The molecule has 0 atom stereocenters. The number of halogens is 5. The van der Waals surface area contributed by atoms with E-state index in [9.17, 15) is 8.78 Å². The van der Waals surface area contributed by atoms with E-state index >= 15 is 0 Å². The minimum Gasteiger partial charge on any atom is -0.369 e. The molecule has 0 aliphatic heterocycles. The standard InChI is InChI=1S/C8H8Cl2N4.C8H7ClF2N4.C8H10N4/c9-6-1-5(2-7(10)3-6)4-13-14-8(11)12;9-5-2-7(11)6(10)1-4(5)3-14-15-8(12)13;9-8(10)12-11-6-7-4-2-1-3-5-7/h1-4H,(H4,11,12,14);1-3H,(H4,12,13,15);1-6H,(H4,9,10,12)/b13-4+;14-3+;11-6+. The summed E-state index contributed by atoms with van der Waals surface area (Å²) in [4.78, 5) is 0. The summed E-state index contributed by atoms with van der Waals surface area (Å²) in [6, 6.07) is 16.3. The van der Waals surface area contributed by atoms with Crippen molar-refractivity contribution in [3.63, 3.8) is 0 Å². The lowest BCUT2D eigenvalue weighted by molar-refractivity contribution is 0.508. The fourth-order valence-electron chi connectivity index (χ4n) is 2.31. The second kappa shape index (κ2) is 18.5. The topological polar surface area (TPSA) is 230 Å². The van der Waals surface area contributed by atoms with Crippen LogP contribution in [0, 0.1) is 11.6 Å². The minimum absolute atomic E-state index is 0.0171. The maximum atomic E-state index is 12.8. The second-order valence-corrected chi connectivity index (χ2v) is 8.49. The van der Waals surface area contributed by atoms with Gasteiger partial charge in [0, 0.05) is 15.6 Å². The summed E-state index contributed by atoms with van der Waals surface area (Å²) in [6.45, 7) is 0. The molecule has 12 nitrogen and oxygen atoms in total. The molecule has 41 heavy (non-hydrogen) atoms. The molecule has 0 spiro atoms. The lowest BCUT2D eigenvalue weighted by Crippen LogP contribution is -2.21. The van der Waals surface area contributed by atoms with E-state index in [0.717, 1.165) is 29.5 Å². The van der Waals surface area contributed by atoms with Gasteiger partial charge in [0.05, 0.1) is 23.7 Å². The van der Waals surface area contributed by atoms with Crippen molar-refractivity contribution in [1.29, 1.82) is 0 Å². The van der Waals surface area contributed by atoms with Crippen molar-refractivity contribution in [2.24, 2.45) is 65.0 Å². The molecular weight excluding hydrogens is 601 g/mol. The summed E-state index contributed by atoms with van der Waals surface area (Å²) in [7, 11) is 0. The molecule has 0 heterocycles. The minimum atomic E-state index is -1.03. The van der Waals surface area contributed by atoms with E-state index in [-0.39, 0.29) is 28.5 Å². The van der Waals surface area contributed by atoms with Gasteiger partial charge in [-0.15, -0.1) is 15.3 Å². The Bertz CT molecular complexity index is 1430. The van der Waals surface area contributed by atoms with E-state index in [1.165, 1.54) is 6.21 Å². The molecule has 216 valence electrons. The van der Waals surface area contributed by atoms with Gasteiger partial charge < -0.3 is 34.4 Å². The van der Waals surface area contributed by atoms with Crippen molar-refractivity contribution in [2.75, 3.05) is 0 Å². The molecule has 0 amide bonds. The Morgan fingerprint density at radius 2 is 1.00 bits per heavy atom. The largest absolute Gasteiger partial charge is 0.369 e. The molecule has 0 bridgehead atoms. The lowest BCUT2D eigenvalue weighted by atomic mass is 10.2. The van der Waals surface area contributed by atoms with Crippen molar-refractivity contribution in [3.05, 3.63) is 104 Å². The first-order valence-corrected chi connectivity index (χ1v) is 12.0. The summed E-state index contributed by atoms with van der Waals surface area (Å²) in [6.07, 6.45) is 4.15. The van der Waals surface area contributed by atoms with Crippen LogP contribution in [0.1, 0.15) is 16.7 Å². The van der Waals surface area contributed by atoms with E-state index < -0.39 is 11.6 Å². The SMILES string of the molecule is NC(N)=N/N=C/c1cc(Cl)cc(Cl)c1.NC(N)=N/N=C/c1cc(F)c(F)cc1Cl.NC(N)=N/N=C/c1ccccc1. The third-order valence-corrected chi connectivity index (χ3v) is 4.62. The van der Waals surface area contributed by atoms with Crippen LogP contribution in [-0.2, 0) is 0 Å². The van der Waals surface area contributed by atoms with Crippen LogP contribution in [0.5, 0.6) is 0 Å². The Morgan fingerprint density at radius 1 is 0.561 bits per heavy atom.